The summed E-state index contributed by atoms with van der Waals surface area (Å²) in [4.78, 5) is 12.6. The molecular weight excluding hydrogens is 354 g/mol. The number of carbonyl (C=O) groups excluding carboxylic acids is 1. The molecule has 3 aromatic carbocycles. The molecule has 0 fully saturated rings. The molecule has 0 saturated carbocycles. The molecule has 0 aliphatic carbocycles. The first-order valence-electron chi connectivity index (χ1n) is 8.07. The van der Waals surface area contributed by atoms with Gasteiger partial charge in [-0.2, -0.15) is 0 Å². The second kappa shape index (κ2) is 7.86. The Hall–Kier alpha value is -3.41. The zero-order chi connectivity index (χ0) is 19.4. The highest BCUT2D eigenvalue weighted by Gasteiger charge is 2.21. The number of hydrogen-bond donors (Lipinski definition) is 1. The van der Waals surface area contributed by atoms with E-state index in [1.165, 1.54) is 19.2 Å². The number of methoxy groups -OCH3 is 1. The van der Waals surface area contributed by atoms with Crippen molar-refractivity contribution in [2.24, 2.45) is 0 Å². The van der Waals surface area contributed by atoms with Crippen LogP contribution in [0.3, 0.4) is 0 Å². The maximum atomic E-state index is 14.2. The van der Waals surface area contributed by atoms with Crippen molar-refractivity contribution in [3.8, 4) is 17.2 Å². The smallest absolute Gasteiger partial charge is 0.199 e. The zero-order valence-electron chi connectivity index (χ0n) is 14.4. The highest BCUT2D eigenvalue weighted by molar-refractivity contribution is 6.09. The molecule has 0 heterocycles. The second-order valence-electron chi connectivity index (χ2n) is 5.75. The van der Waals surface area contributed by atoms with Crippen LogP contribution in [0.4, 0.5) is 8.78 Å². The molecule has 0 aromatic heterocycles. The number of halogens is 2. The van der Waals surface area contributed by atoms with Crippen molar-refractivity contribution >= 4 is 5.78 Å². The third-order valence-corrected chi connectivity index (χ3v) is 3.94. The summed E-state index contributed by atoms with van der Waals surface area (Å²) in [6.45, 7) is 0.238. The van der Waals surface area contributed by atoms with E-state index in [1.807, 2.05) is 30.3 Å². The number of ether oxygens (including phenoxy) is 2. The summed E-state index contributed by atoms with van der Waals surface area (Å²) in [6.07, 6.45) is 0. The van der Waals surface area contributed by atoms with Gasteiger partial charge in [-0.1, -0.05) is 30.3 Å². The van der Waals surface area contributed by atoms with Crippen LogP contribution in [0.2, 0.25) is 0 Å². The van der Waals surface area contributed by atoms with Crippen LogP contribution in [0.1, 0.15) is 21.5 Å². The maximum Gasteiger partial charge on any atom is 0.199 e. The number of hydrogen-bond acceptors (Lipinski definition) is 4. The Bertz CT molecular complexity index is 971. The maximum absolute atomic E-state index is 14.2. The third-order valence-electron chi connectivity index (χ3n) is 3.94. The highest BCUT2D eigenvalue weighted by atomic mass is 19.1. The molecular formula is C21H16F2O4. The van der Waals surface area contributed by atoms with Gasteiger partial charge < -0.3 is 14.6 Å². The summed E-state index contributed by atoms with van der Waals surface area (Å²) in [5.41, 5.74) is 0.153. The monoisotopic (exact) mass is 370 g/mol. The standard InChI is InChI=1S/C21H16F2O4/c1-26-20-10-16(18(23)11-19(20)24)21(25)15-9-14(7-8-17(15)22)27-12-13-5-3-2-4-6-13/h2-11,24H,12H2,1H3. The van der Waals surface area contributed by atoms with Gasteiger partial charge in [-0.15, -0.1) is 0 Å². The number of rotatable bonds is 6. The molecule has 0 spiro atoms. The average molecular weight is 370 g/mol. The molecule has 0 saturated heterocycles. The Balaban J connectivity index is 1.89. The van der Waals surface area contributed by atoms with E-state index < -0.39 is 28.7 Å². The molecule has 6 heteroatoms. The first kappa shape index (κ1) is 18.4. The van der Waals surface area contributed by atoms with Crippen LogP contribution in [-0.4, -0.2) is 18.0 Å². The molecule has 3 aromatic rings. The number of carbonyl (C=O) groups is 1. The van der Waals surface area contributed by atoms with Crippen molar-refractivity contribution in [2.75, 3.05) is 7.11 Å². The largest absolute Gasteiger partial charge is 0.504 e. The molecule has 0 amide bonds. The lowest BCUT2D eigenvalue weighted by atomic mass is 10.0. The van der Waals surface area contributed by atoms with Gasteiger partial charge in [-0.25, -0.2) is 8.78 Å². The summed E-state index contributed by atoms with van der Waals surface area (Å²) in [5, 5.41) is 9.57. The van der Waals surface area contributed by atoms with Crippen molar-refractivity contribution in [3.05, 3.63) is 89.0 Å². The van der Waals surface area contributed by atoms with Crippen LogP contribution in [0, 0.1) is 11.6 Å². The molecule has 0 atom stereocenters. The Kier molecular flexibility index (Phi) is 5.35. The first-order valence-corrected chi connectivity index (χ1v) is 8.07. The Morgan fingerprint density at radius 2 is 1.67 bits per heavy atom. The van der Waals surface area contributed by atoms with Crippen LogP contribution in [0.15, 0.2) is 60.7 Å². The van der Waals surface area contributed by atoms with Gasteiger partial charge in [0.1, 0.15) is 24.0 Å². The number of phenols is 1. The molecule has 0 aliphatic rings. The molecule has 0 unspecified atom stereocenters. The number of ketones is 1. The fourth-order valence-electron chi connectivity index (χ4n) is 2.53. The summed E-state index contributed by atoms with van der Waals surface area (Å²) in [6, 6.07) is 14.8. The van der Waals surface area contributed by atoms with Crippen LogP contribution in [0.5, 0.6) is 17.2 Å². The van der Waals surface area contributed by atoms with E-state index in [0.717, 1.165) is 23.8 Å². The summed E-state index contributed by atoms with van der Waals surface area (Å²) < 4.78 is 38.8. The fraction of sp³-hybridized carbons (Fsp3) is 0.0952. The molecule has 0 bridgehead atoms. The number of aromatic hydroxyl groups is 1. The quantitative estimate of drug-likeness (QED) is 0.650. The predicted octanol–water partition coefficient (Wildman–Crippen LogP) is 4.49. The topological polar surface area (TPSA) is 55.8 Å². The van der Waals surface area contributed by atoms with Gasteiger partial charge in [-0.05, 0) is 29.8 Å². The van der Waals surface area contributed by atoms with Crippen LogP contribution in [0.25, 0.3) is 0 Å². The van der Waals surface area contributed by atoms with Gasteiger partial charge in [0.15, 0.2) is 17.3 Å². The van der Waals surface area contributed by atoms with Crippen molar-refractivity contribution < 1.29 is 28.2 Å². The lowest BCUT2D eigenvalue weighted by Gasteiger charge is -2.11. The van der Waals surface area contributed by atoms with E-state index in [9.17, 15) is 18.7 Å². The van der Waals surface area contributed by atoms with E-state index in [1.54, 1.807) is 0 Å². The fourth-order valence-corrected chi connectivity index (χ4v) is 2.53. The van der Waals surface area contributed by atoms with Crippen LogP contribution >= 0.6 is 0 Å². The SMILES string of the molecule is COc1cc(C(=O)c2cc(OCc3ccccc3)ccc2F)c(F)cc1O. The van der Waals surface area contributed by atoms with Crippen molar-refractivity contribution in [1.82, 2.24) is 0 Å². The zero-order valence-corrected chi connectivity index (χ0v) is 14.4. The van der Waals surface area contributed by atoms with Gasteiger partial charge in [0.25, 0.3) is 0 Å². The lowest BCUT2D eigenvalue weighted by Crippen LogP contribution is -2.08. The van der Waals surface area contributed by atoms with Crippen LogP contribution in [-0.2, 0) is 6.61 Å². The Morgan fingerprint density at radius 3 is 2.37 bits per heavy atom. The number of phenolic OH excluding ortho intramolecular Hbond substituents is 1. The van der Waals surface area contributed by atoms with Crippen molar-refractivity contribution in [2.45, 2.75) is 6.61 Å². The molecule has 27 heavy (non-hydrogen) atoms. The molecule has 0 aliphatic heterocycles. The van der Waals surface area contributed by atoms with Crippen molar-refractivity contribution in [3.63, 3.8) is 0 Å². The first-order chi connectivity index (χ1) is 13.0. The van der Waals surface area contributed by atoms with E-state index in [0.29, 0.717) is 0 Å². The van der Waals surface area contributed by atoms with Crippen LogP contribution < -0.4 is 9.47 Å². The van der Waals surface area contributed by atoms with Crippen molar-refractivity contribution in [1.29, 1.82) is 0 Å². The predicted molar refractivity (Wildman–Crippen MR) is 95.2 cm³/mol. The summed E-state index contributed by atoms with van der Waals surface area (Å²) in [7, 11) is 1.26. The normalized spacial score (nSPS) is 10.5. The van der Waals surface area contributed by atoms with Gasteiger partial charge >= 0.3 is 0 Å². The molecule has 4 nitrogen and oxygen atoms in total. The van der Waals surface area contributed by atoms with E-state index in [4.69, 9.17) is 9.47 Å². The Morgan fingerprint density at radius 1 is 0.963 bits per heavy atom. The molecule has 3 rings (SSSR count). The third kappa shape index (κ3) is 4.06. The van der Waals surface area contributed by atoms with E-state index in [2.05, 4.69) is 0 Å². The summed E-state index contributed by atoms with van der Waals surface area (Å²) >= 11 is 0. The Labute approximate surface area is 154 Å². The molecule has 1 N–H and O–H groups in total. The van der Waals surface area contributed by atoms with Gasteiger partial charge in [0.2, 0.25) is 0 Å². The highest BCUT2D eigenvalue weighted by Crippen LogP contribution is 2.31. The van der Waals surface area contributed by atoms with Gasteiger partial charge in [0, 0.05) is 6.07 Å². The minimum atomic E-state index is -0.978. The molecule has 138 valence electrons. The second-order valence-corrected chi connectivity index (χ2v) is 5.75. The van der Waals surface area contributed by atoms with E-state index >= 15 is 0 Å². The van der Waals surface area contributed by atoms with Gasteiger partial charge in [-0.3, -0.25) is 4.79 Å². The van der Waals surface area contributed by atoms with Gasteiger partial charge in [0.05, 0.1) is 18.2 Å². The minimum absolute atomic E-state index is 0.0864. The van der Waals surface area contributed by atoms with E-state index in [-0.39, 0.29) is 23.7 Å². The average Bonchev–Trinajstić information content (AvgIpc) is 2.68. The summed E-state index contributed by atoms with van der Waals surface area (Å²) in [5.74, 6) is -2.93. The lowest BCUT2D eigenvalue weighted by molar-refractivity contribution is 0.103. The number of benzene rings is 3. The minimum Gasteiger partial charge on any atom is -0.504 e. The molecule has 0 radical (unpaired) electrons.